The van der Waals surface area contributed by atoms with E-state index in [9.17, 15) is 9.18 Å². The number of hydrogen-bond acceptors (Lipinski definition) is 7. The van der Waals surface area contributed by atoms with Crippen LogP contribution in [-0.4, -0.2) is 24.5 Å². The quantitative estimate of drug-likeness (QED) is 0.328. The number of nitrogens with one attached hydrogen (secondary N) is 1. The summed E-state index contributed by atoms with van der Waals surface area (Å²) < 4.78 is 15.7. The molecule has 6 aromatic rings. The molecule has 0 aliphatic heterocycles. The summed E-state index contributed by atoms with van der Waals surface area (Å²) in [4.78, 5) is 31.9. The molecule has 0 aliphatic rings. The van der Waals surface area contributed by atoms with Gasteiger partial charge in [0, 0.05) is 23.1 Å². The molecule has 0 unspecified atom stereocenters. The van der Waals surface area contributed by atoms with E-state index < -0.39 is 5.82 Å². The molecule has 1 atom stereocenters. The fourth-order valence-corrected chi connectivity index (χ4v) is 5.05. The van der Waals surface area contributed by atoms with Crippen molar-refractivity contribution >= 4 is 38.3 Å². The molecule has 0 saturated heterocycles. The topological polar surface area (TPSA) is 85.6 Å². The van der Waals surface area contributed by atoms with Crippen LogP contribution in [0.1, 0.15) is 18.7 Å². The SMILES string of the molecule is C[C@H](Nc1ncnc2scnc12)c1cc2cccc(-c3cncc(F)c3)c2c(=O)n1-c1ccccc1. The van der Waals surface area contributed by atoms with Gasteiger partial charge in [-0.15, -0.1) is 11.3 Å². The zero-order chi connectivity index (χ0) is 24.6. The summed E-state index contributed by atoms with van der Waals surface area (Å²) in [5.41, 5.74) is 4.85. The summed E-state index contributed by atoms with van der Waals surface area (Å²) in [6.07, 6.45) is 4.21. The lowest BCUT2D eigenvalue weighted by atomic mass is 9.99. The van der Waals surface area contributed by atoms with E-state index in [0.717, 1.165) is 27.8 Å². The molecule has 7 nitrogen and oxygen atoms in total. The van der Waals surface area contributed by atoms with Crippen molar-refractivity contribution in [3.8, 4) is 16.8 Å². The summed E-state index contributed by atoms with van der Waals surface area (Å²) in [7, 11) is 0. The van der Waals surface area contributed by atoms with Crippen molar-refractivity contribution in [1.82, 2.24) is 24.5 Å². The van der Waals surface area contributed by atoms with Crippen molar-refractivity contribution < 1.29 is 4.39 Å². The van der Waals surface area contributed by atoms with Gasteiger partial charge in [-0.2, -0.15) is 0 Å². The third-order valence-electron chi connectivity index (χ3n) is 6.04. The van der Waals surface area contributed by atoms with Gasteiger partial charge in [0.15, 0.2) is 5.82 Å². The van der Waals surface area contributed by atoms with Crippen LogP contribution in [0.5, 0.6) is 0 Å². The Kier molecular flexibility index (Phi) is 5.46. The van der Waals surface area contributed by atoms with E-state index in [1.165, 1.54) is 23.7 Å². The van der Waals surface area contributed by atoms with Crippen molar-refractivity contribution in [2.75, 3.05) is 5.32 Å². The molecule has 0 amide bonds. The van der Waals surface area contributed by atoms with Crippen LogP contribution in [-0.2, 0) is 0 Å². The Morgan fingerprint density at radius 1 is 1.00 bits per heavy atom. The summed E-state index contributed by atoms with van der Waals surface area (Å²) in [6.45, 7) is 1.97. The van der Waals surface area contributed by atoms with Crippen molar-refractivity contribution in [3.63, 3.8) is 0 Å². The molecule has 0 spiro atoms. The molecule has 36 heavy (non-hydrogen) atoms. The van der Waals surface area contributed by atoms with Gasteiger partial charge in [-0.1, -0.05) is 36.4 Å². The Balaban J connectivity index is 1.58. The van der Waals surface area contributed by atoms with Gasteiger partial charge in [0.05, 0.1) is 23.1 Å². The summed E-state index contributed by atoms with van der Waals surface area (Å²) in [5.74, 6) is 0.140. The van der Waals surface area contributed by atoms with Crippen LogP contribution < -0.4 is 10.9 Å². The minimum Gasteiger partial charge on any atom is -0.360 e. The van der Waals surface area contributed by atoms with Gasteiger partial charge in [-0.3, -0.25) is 14.3 Å². The average molecular weight is 495 g/mol. The summed E-state index contributed by atoms with van der Waals surface area (Å²) >= 11 is 1.44. The number of pyridine rings is 2. The van der Waals surface area contributed by atoms with Crippen molar-refractivity contribution in [2.24, 2.45) is 0 Å². The maximum Gasteiger partial charge on any atom is 0.263 e. The van der Waals surface area contributed by atoms with Gasteiger partial charge in [-0.05, 0) is 42.1 Å². The molecule has 0 fully saturated rings. The largest absolute Gasteiger partial charge is 0.360 e. The fraction of sp³-hybridized carbons (Fsp3) is 0.0741. The number of rotatable bonds is 5. The van der Waals surface area contributed by atoms with E-state index in [1.54, 1.807) is 16.3 Å². The fourth-order valence-electron chi connectivity index (χ4n) is 4.42. The molecule has 0 aliphatic carbocycles. The molecule has 4 aromatic heterocycles. The smallest absolute Gasteiger partial charge is 0.263 e. The highest BCUT2D eigenvalue weighted by Gasteiger charge is 2.20. The number of aromatic nitrogens is 5. The number of nitrogens with zero attached hydrogens (tertiary/aromatic N) is 5. The molecule has 6 rings (SSSR count). The minimum atomic E-state index is -0.458. The van der Waals surface area contributed by atoms with Gasteiger partial charge in [0.25, 0.3) is 5.56 Å². The monoisotopic (exact) mass is 494 g/mol. The first-order valence-corrected chi connectivity index (χ1v) is 12.1. The lowest BCUT2D eigenvalue weighted by Gasteiger charge is -2.22. The molecule has 2 aromatic carbocycles. The van der Waals surface area contributed by atoms with Crippen LogP contribution in [0.3, 0.4) is 0 Å². The second-order valence-corrected chi connectivity index (χ2v) is 9.13. The molecular weight excluding hydrogens is 475 g/mol. The second kappa shape index (κ2) is 8.94. The Morgan fingerprint density at radius 3 is 2.69 bits per heavy atom. The number of benzene rings is 2. The number of fused-ring (bicyclic) bond motifs is 2. The number of anilines is 1. The first-order chi connectivity index (χ1) is 17.6. The Labute approximate surface area is 209 Å². The molecule has 1 N–H and O–H groups in total. The van der Waals surface area contributed by atoms with Crippen molar-refractivity contribution in [1.29, 1.82) is 0 Å². The molecule has 4 heterocycles. The Hall–Kier alpha value is -4.50. The van der Waals surface area contributed by atoms with Gasteiger partial charge in [0.2, 0.25) is 0 Å². The summed E-state index contributed by atoms with van der Waals surface area (Å²) in [5, 5.41) is 4.66. The lowest BCUT2D eigenvalue weighted by molar-refractivity contribution is 0.622. The summed E-state index contributed by atoms with van der Waals surface area (Å²) in [6, 6.07) is 18.1. The standard InChI is InChI=1S/C27H19FN6OS/c1-16(33-25-24-26(31-14-30-25)36-15-32-24)22-11-17-6-5-9-21(18-10-19(28)13-29-12-18)23(17)27(35)34(22)20-7-3-2-4-8-20/h2-16H,1H3,(H,30,31,33)/t16-/m0/s1. The van der Waals surface area contributed by atoms with E-state index in [-0.39, 0.29) is 11.6 Å². The van der Waals surface area contributed by atoms with E-state index in [0.29, 0.717) is 27.8 Å². The van der Waals surface area contributed by atoms with Crippen LogP contribution in [0, 0.1) is 5.82 Å². The first-order valence-electron chi connectivity index (χ1n) is 11.3. The van der Waals surface area contributed by atoms with E-state index in [2.05, 4.69) is 25.3 Å². The lowest BCUT2D eigenvalue weighted by Crippen LogP contribution is -2.26. The molecule has 9 heteroatoms. The highest BCUT2D eigenvalue weighted by molar-refractivity contribution is 7.16. The third kappa shape index (κ3) is 3.79. The molecule has 0 saturated carbocycles. The highest BCUT2D eigenvalue weighted by atomic mass is 32.1. The molecular formula is C27H19FN6OS. The maximum absolute atomic E-state index is 14.1. The average Bonchev–Trinajstić information content (AvgIpc) is 3.39. The Morgan fingerprint density at radius 2 is 1.86 bits per heavy atom. The zero-order valence-electron chi connectivity index (χ0n) is 19.1. The number of halogens is 1. The van der Waals surface area contributed by atoms with Gasteiger partial charge < -0.3 is 5.32 Å². The van der Waals surface area contributed by atoms with Gasteiger partial charge in [0.1, 0.15) is 22.5 Å². The number of thiazole rings is 1. The third-order valence-corrected chi connectivity index (χ3v) is 6.77. The predicted octanol–water partition coefficient (Wildman–Crippen LogP) is 5.76. The highest BCUT2D eigenvalue weighted by Crippen LogP contribution is 2.31. The Bertz CT molecular complexity index is 1780. The van der Waals surface area contributed by atoms with E-state index in [4.69, 9.17) is 0 Å². The zero-order valence-corrected chi connectivity index (χ0v) is 19.9. The normalized spacial score (nSPS) is 12.2. The first kappa shape index (κ1) is 22.0. The number of hydrogen-bond donors (Lipinski definition) is 1. The molecule has 0 radical (unpaired) electrons. The number of para-hydroxylation sites is 1. The van der Waals surface area contributed by atoms with Crippen LogP contribution in [0.25, 0.3) is 37.9 Å². The molecule has 176 valence electrons. The van der Waals surface area contributed by atoms with Crippen LogP contribution in [0.4, 0.5) is 10.2 Å². The van der Waals surface area contributed by atoms with Crippen LogP contribution in [0.15, 0.2) is 89.7 Å². The van der Waals surface area contributed by atoms with Crippen LogP contribution >= 0.6 is 11.3 Å². The second-order valence-electron chi connectivity index (χ2n) is 8.30. The predicted molar refractivity (Wildman–Crippen MR) is 140 cm³/mol. The maximum atomic E-state index is 14.1. The van der Waals surface area contributed by atoms with Crippen LogP contribution in [0.2, 0.25) is 0 Å². The van der Waals surface area contributed by atoms with Gasteiger partial charge >= 0.3 is 0 Å². The van der Waals surface area contributed by atoms with E-state index in [1.807, 2.05) is 61.5 Å². The molecule has 0 bridgehead atoms. The van der Waals surface area contributed by atoms with Crippen molar-refractivity contribution in [2.45, 2.75) is 13.0 Å². The van der Waals surface area contributed by atoms with Crippen molar-refractivity contribution in [3.05, 3.63) is 107 Å². The van der Waals surface area contributed by atoms with E-state index >= 15 is 0 Å². The van der Waals surface area contributed by atoms with Gasteiger partial charge in [-0.25, -0.2) is 19.3 Å². The minimum absolute atomic E-state index is 0.205.